The first-order valence-corrected chi connectivity index (χ1v) is 7.47. The first kappa shape index (κ1) is 17.9. The molecule has 19 heavy (non-hydrogen) atoms. The average molecular weight is 272 g/mol. The molecule has 112 valence electrons. The molecule has 1 unspecified atom stereocenters. The number of carbonyl (C=O) groups is 2. The molecule has 0 bridgehead atoms. The van der Waals surface area contributed by atoms with Gasteiger partial charge in [0.1, 0.15) is 0 Å². The van der Waals surface area contributed by atoms with Gasteiger partial charge in [-0.1, -0.05) is 52.4 Å². The fourth-order valence-electron chi connectivity index (χ4n) is 2.59. The number of unbranched alkanes of at least 4 members (excludes halogenated alkanes) is 4. The highest BCUT2D eigenvalue weighted by Gasteiger charge is 2.24. The van der Waals surface area contributed by atoms with Crippen molar-refractivity contribution in [3.05, 3.63) is 0 Å². The molecule has 1 atom stereocenters. The van der Waals surface area contributed by atoms with Gasteiger partial charge in [-0.15, -0.1) is 0 Å². The molecule has 0 fully saturated rings. The Labute approximate surface area is 116 Å². The van der Waals surface area contributed by atoms with E-state index in [1.807, 2.05) is 0 Å². The quantitative estimate of drug-likeness (QED) is 0.528. The number of hydrogen-bond acceptors (Lipinski definition) is 2. The summed E-state index contributed by atoms with van der Waals surface area (Å²) in [6, 6.07) is 0. The first-order chi connectivity index (χ1) is 9.02. The summed E-state index contributed by atoms with van der Waals surface area (Å²) < 4.78 is 0. The van der Waals surface area contributed by atoms with Gasteiger partial charge in [0.15, 0.2) is 0 Å². The molecule has 2 N–H and O–H groups in total. The van der Waals surface area contributed by atoms with E-state index in [9.17, 15) is 14.7 Å². The smallest absolute Gasteiger partial charge is 0.306 e. The van der Waals surface area contributed by atoms with Gasteiger partial charge < -0.3 is 10.2 Å². The van der Waals surface area contributed by atoms with Gasteiger partial charge in [0.05, 0.1) is 5.92 Å². The summed E-state index contributed by atoms with van der Waals surface area (Å²) in [6.07, 6.45) is 7.43. The minimum Gasteiger partial charge on any atom is -0.481 e. The van der Waals surface area contributed by atoms with Crippen LogP contribution in [0, 0.1) is 11.8 Å². The van der Waals surface area contributed by atoms with Crippen LogP contribution in [0.4, 0.5) is 0 Å². The van der Waals surface area contributed by atoms with Crippen molar-refractivity contribution in [2.45, 2.75) is 71.6 Å². The Morgan fingerprint density at radius 1 is 0.895 bits per heavy atom. The van der Waals surface area contributed by atoms with Crippen molar-refractivity contribution in [3.8, 4) is 0 Å². The van der Waals surface area contributed by atoms with Crippen LogP contribution in [-0.4, -0.2) is 22.2 Å². The Morgan fingerprint density at radius 3 is 1.89 bits per heavy atom. The van der Waals surface area contributed by atoms with Crippen LogP contribution in [0.25, 0.3) is 0 Å². The number of carboxylic acids is 2. The largest absolute Gasteiger partial charge is 0.481 e. The Hall–Kier alpha value is -1.06. The fourth-order valence-corrected chi connectivity index (χ4v) is 2.59. The molecule has 4 heteroatoms. The first-order valence-electron chi connectivity index (χ1n) is 7.47. The van der Waals surface area contributed by atoms with Gasteiger partial charge in [0.2, 0.25) is 0 Å². The van der Waals surface area contributed by atoms with Crippen molar-refractivity contribution in [1.82, 2.24) is 0 Å². The Balaban J connectivity index is 3.76. The third-order valence-corrected chi connectivity index (χ3v) is 3.84. The van der Waals surface area contributed by atoms with E-state index in [-0.39, 0.29) is 18.3 Å². The molecule has 0 saturated carbocycles. The lowest BCUT2D eigenvalue weighted by Crippen LogP contribution is -2.22. The second-order valence-electron chi connectivity index (χ2n) is 5.22. The summed E-state index contributed by atoms with van der Waals surface area (Å²) in [4.78, 5) is 21.6. The van der Waals surface area contributed by atoms with Crippen molar-refractivity contribution < 1.29 is 19.8 Å². The van der Waals surface area contributed by atoms with Crippen LogP contribution >= 0.6 is 0 Å². The van der Waals surface area contributed by atoms with Gasteiger partial charge >= 0.3 is 11.9 Å². The van der Waals surface area contributed by atoms with Gasteiger partial charge in [0, 0.05) is 6.42 Å². The van der Waals surface area contributed by atoms with Crippen molar-refractivity contribution in [2.24, 2.45) is 11.8 Å². The predicted molar refractivity (Wildman–Crippen MR) is 75.2 cm³/mol. The minimum atomic E-state index is -0.736. The van der Waals surface area contributed by atoms with E-state index in [1.165, 1.54) is 0 Å². The highest BCUT2D eigenvalue weighted by atomic mass is 16.4. The van der Waals surface area contributed by atoms with Crippen LogP contribution in [0.3, 0.4) is 0 Å². The van der Waals surface area contributed by atoms with Crippen LogP contribution < -0.4 is 0 Å². The minimum absolute atomic E-state index is 0.214. The number of carboxylic acid groups (broad SMARTS) is 2. The molecule has 0 aliphatic heterocycles. The number of aliphatic carboxylic acids is 2. The maximum Gasteiger partial charge on any atom is 0.306 e. The molecule has 0 amide bonds. The summed E-state index contributed by atoms with van der Waals surface area (Å²) in [7, 11) is 0. The fraction of sp³-hybridized carbons (Fsp3) is 0.867. The van der Waals surface area contributed by atoms with E-state index in [0.29, 0.717) is 0 Å². The van der Waals surface area contributed by atoms with Gasteiger partial charge in [-0.25, -0.2) is 0 Å². The van der Waals surface area contributed by atoms with E-state index in [2.05, 4.69) is 13.8 Å². The molecule has 0 aliphatic rings. The van der Waals surface area contributed by atoms with Gasteiger partial charge in [-0.3, -0.25) is 9.59 Å². The molecule has 0 aromatic heterocycles. The van der Waals surface area contributed by atoms with E-state index < -0.39 is 11.9 Å². The molecule has 4 nitrogen and oxygen atoms in total. The van der Waals surface area contributed by atoms with Crippen molar-refractivity contribution in [1.29, 1.82) is 0 Å². The van der Waals surface area contributed by atoms with Crippen LogP contribution in [0.2, 0.25) is 0 Å². The van der Waals surface area contributed by atoms with E-state index in [1.54, 1.807) is 0 Å². The average Bonchev–Trinajstić information content (AvgIpc) is 2.35. The number of rotatable bonds is 12. The lowest BCUT2D eigenvalue weighted by Gasteiger charge is -2.21. The third kappa shape index (κ3) is 8.62. The monoisotopic (exact) mass is 272 g/mol. The summed E-state index contributed by atoms with van der Waals surface area (Å²) in [5.41, 5.74) is 0. The van der Waals surface area contributed by atoms with E-state index >= 15 is 0 Å². The summed E-state index contributed by atoms with van der Waals surface area (Å²) >= 11 is 0. The molecule has 0 aliphatic carbocycles. The summed E-state index contributed by atoms with van der Waals surface area (Å²) in [5, 5.41) is 17.7. The molecule has 0 aromatic rings. The van der Waals surface area contributed by atoms with Crippen LogP contribution in [-0.2, 0) is 9.59 Å². The normalized spacial score (nSPS) is 12.6. The molecule has 0 spiro atoms. The lowest BCUT2D eigenvalue weighted by molar-refractivity contribution is -0.144. The zero-order valence-corrected chi connectivity index (χ0v) is 12.2. The van der Waals surface area contributed by atoms with Crippen molar-refractivity contribution in [3.63, 3.8) is 0 Å². The van der Waals surface area contributed by atoms with Gasteiger partial charge in [-0.2, -0.15) is 0 Å². The van der Waals surface area contributed by atoms with E-state index in [4.69, 9.17) is 5.11 Å². The summed E-state index contributed by atoms with van der Waals surface area (Å²) in [6.45, 7) is 4.10. The van der Waals surface area contributed by atoms with Crippen LogP contribution in [0.1, 0.15) is 71.6 Å². The van der Waals surface area contributed by atoms with Crippen molar-refractivity contribution in [2.75, 3.05) is 0 Å². The molecular weight excluding hydrogens is 244 g/mol. The highest BCUT2D eigenvalue weighted by molar-refractivity contribution is 5.70. The maximum absolute atomic E-state index is 11.2. The Kier molecular flexibility index (Phi) is 10.2. The number of hydrogen-bond donors (Lipinski definition) is 2. The Morgan fingerprint density at radius 2 is 1.42 bits per heavy atom. The SMILES string of the molecule is CCC(CC)C(CCCCCCCC(=O)O)C(=O)O. The van der Waals surface area contributed by atoms with Crippen molar-refractivity contribution >= 4 is 11.9 Å². The molecule has 0 rings (SSSR count). The standard InChI is InChI=1S/C15H28O4/c1-3-12(4-2)13(15(18)19)10-8-6-5-7-9-11-14(16)17/h12-13H,3-11H2,1-2H3,(H,16,17)(H,18,19). The Bertz CT molecular complexity index is 259. The van der Waals surface area contributed by atoms with Gasteiger partial charge in [0.25, 0.3) is 0 Å². The van der Waals surface area contributed by atoms with Crippen LogP contribution in [0.15, 0.2) is 0 Å². The zero-order chi connectivity index (χ0) is 14.7. The second kappa shape index (κ2) is 10.8. The topological polar surface area (TPSA) is 74.6 Å². The zero-order valence-electron chi connectivity index (χ0n) is 12.2. The van der Waals surface area contributed by atoms with E-state index in [0.717, 1.165) is 51.4 Å². The molecular formula is C15H28O4. The predicted octanol–water partition coefficient (Wildman–Crippen LogP) is 3.94. The van der Waals surface area contributed by atoms with Gasteiger partial charge in [-0.05, 0) is 18.8 Å². The maximum atomic E-state index is 11.2. The molecule has 0 saturated heterocycles. The molecule has 0 radical (unpaired) electrons. The molecule has 0 heterocycles. The van der Waals surface area contributed by atoms with Crippen LogP contribution in [0.5, 0.6) is 0 Å². The highest BCUT2D eigenvalue weighted by Crippen LogP contribution is 2.25. The molecule has 0 aromatic carbocycles. The lowest BCUT2D eigenvalue weighted by atomic mass is 9.84. The second-order valence-corrected chi connectivity index (χ2v) is 5.22. The summed E-state index contributed by atoms with van der Waals surface area (Å²) in [5.74, 6) is -1.34. The third-order valence-electron chi connectivity index (χ3n) is 3.84.